The first-order valence-corrected chi connectivity index (χ1v) is 10.0. The third kappa shape index (κ3) is 15.1. The number of hydrogen-bond donors (Lipinski definition) is 1. The number of hydrogen-bond acceptors (Lipinski definition) is 4. The molecule has 0 heterocycles. The average molecular weight is 361 g/mol. The van der Waals surface area contributed by atoms with E-state index in [4.69, 9.17) is 0 Å². The van der Waals surface area contributed by atoms with E-state index in [1.165, 1.54) is 12.8 Å². The van der Waals surface area contributed by atoms with Crippen LogP contribution in [-0.4, -0.2) is 29.4 Å². The molecule has 0 saturated heterocycles. The van der Waals surface area contributed by atoms with Gasteiger partial charge in [-0.2, -0.15) is 0 Å². The molecule has 0 aromatic rings. The van der Waals surface area contributed by atoms with Crippen molar-refractivity contribution in [1.29, 1.82) is 0 Å². The predicted molar refractivity (Wildman–Crippen MR) is 86.2 cm³/mol. The van der Waals surface area contributed by atoms with E-state index in [9.17, 15) is 18.1 Å². The third-order valence-electron chi connectivity index (χ3n) is 3.99. The molecule has 0 fully saturated rings. The van der Waals surface area contributed by atoms with E-state index < -0.39 is 15.4 Å². The van der Waals surface area contributed by atoms with Crippen LogP contribution < -0.4 is 51.4 Å². The summed E-state index contributed by atoms with van der Waals surface area (Å²) in [7, 11) is -4.20. The van der Waals surface area contributed by atoms with Crippen LogP contribution in [0.25, 0.3) is 0 Å². The van der Waals surface area contributed by atoms with Gasteiger partial charge in [-0.05, 0) is 32.1 Å². The van der Waals surface area contributed by atoms with E-state index in [1.807, 2.05) is 0 Å². The van der Waals surface area contributed by atoms with E-state index in [0.29, 0.717) is 25.7 Å². The maximum atomic E-state index is 11.2. The summed E-state index contributed by atoms with van der Waals surface area (Å²) in [5.74, 6) is 0. The molecule has 0 aliphatic carbocycles. The zero-order valence-electron chi connectivity index (χ0n) is 14.7. The number of aliphatic hydroxyl groups excluding tert-OH is 1. The van der Waals surface area contributed by atoms with Crippen molar-refractivity contribution in [3.8, 4) is 0 Å². The second-order valence-electron chi connectivity index (χ2n) is 6.04. The van der Waals surface area contributed by atoms with Crippen LogP contribution in [0.4, 0.5) is 0 Å². The first-order valence-electron chi connectivity index (χ1n) is 8.54. The fourth-order valence-corrected chi connectivity index (χ4v) is 3.50. The fourth-order valence-electron chi connectivity index (χ4n) is 2.59. The van der Waals surface area contributed by atoms with Crippen molar-refractivity contribution >= 4 is 10.1 Å². The largest absolute Gasteiger partial charge is 1.00 e. The molecule has 0 bridgehead atoms. The Balaban J connectivity index is 0. The normalized spacial score (nSPS) is 14.4. The Hall–Kier alpha value is 1.51. The van der Waals surface area contributed by atoms with E-state index in [0.717, 1.165) is 38.5 Å². The van der Waals surface area contributed by atoms with Gasteiger partial charge in [0.15, 0.2) is 0 Å². The standard InChI is InChI=1S/C16H34O4S.K/c1-3-5-7-9-11-15(17)12-10-14-16(21(18,19)20)13-8-6-4-2;/h15-17H,3-14H2,1-2H3,(H,18,19,20);/q;+1/p-1. The van der Waals surface area contributed by atoms with Crippen LogP contribution in [0.3, 0.4) is 0 Å². The Kier molecular flexibility index (Phi) is 18.7. The molecular weight excluding hydrogens is 327 g/mol. The van der Waals surface area contributed by atoms with Gasteiger partial charge in [-0.1, -0.05) is 58.8 Å². The van der Waals surface area contributed by atoms with Gasteiger partial charge in [-0.3, -0.25) is 0 Å². The summed E-state index contributed by atoms with van der Waals surface area (Å²) in [4.78, 5) is 0. The van der Waals surface area contributed by atoms with Crippen LogP contribution in [0, 0.1) is 0 Å². The molecule has 0 amide bonds. The van der Waals surface area contributed by atoms with E-state index in [2.05, 4.69) is 13.8 Å². The topological polar surface area (TPSA) is 77.4 Å². The van der Waals surface area contributed by atoms with Gasteiger partial charge in [-0.25, -0.2) is 8.42 Å². The van der Waals surface area contributed by atoms with Crippen molar-refractivity contribution in [3.63, 3.8) is 0 Å². The predicted octanol–water partition coefficient (Wildman–Crippen LogP) is 0.986. The molecule has 0 aliphatic heterocycles. The minimum absolute atomic E-state index is 0. The molecule has 128 valence electrons. The molecule has 0 spiro atoms. The monoisotopic (exact) mass is 360 g/mol. The maximum absolute atomic E-state index is 11.2. The molecule has 0 aromatic heterocycles. The summed E-state index contributed by atoms with van der Waals surface area (Å²) < 4.78 is 33.7. The van der Waals surface area contributed by atoms with Gasteiger partial charge in [0, 0.05) is 5.25 Å². The van der Waals surface area contributed by atoms with Crippen molar-refractivity contribution in [1.82, 2.24) is 0 Å². The van der Waals surface area contributed by atoms with Crippen molar-refractivity contribution in [2.45, 2.75) is 102 Å². The minimum atomic E-state index is -4.20. The van der Waals surface area contributed by atoms with E-state index in [-0.39, 0.29) is 57.5 Å². The molecule has 22 heavy (non-hydrogen) atoms. The fraction of sp³-hybridized carbons (Fsp3) is 1.00. The number of unbranched alkanes of at least 4 members (excludes halogenated alkanes) is 5. The van der Waals surface area contributed by atoms with Crippen LogP contribution in [0.2, 0.25) is 0 Å². The molecule has 1 N–H and O–H groups in total. The van der Waals surface area contributed by atoms with E-state index in [1.54, 1.807) is 0 Å². The zero-order valence-corrected chi connectivity index (χ0v) is 18.7. The molecule has 2 atom stereocenters. The SMILES string of the molecule is CCCCCCC(O)CCCC(CCCCC)S(=O)(=O)[O-].[K+]. The summed E-state index contributed by atoms with van der Waals surface area (Å²) in [6.45, 7) is 4.20. The van der Waals surface area contributed by atoms with Crippen molar-refractivity contribution in [2.75, 3.05) is 0 Å². The molecule has 0 radical (unpaired) electrons. The Morgan fingerprint density at radius 1 is 0.818 bits per heavy atom. The summed E-state index contributed by atoms with van der Waals surface area (Å²) in [5.41, 5.74) is 0. The van der Waals surface area contributed by atoms with Crippen LogP contribution in [0.5, 0.6) is 0 Å². The molecule has 0 saturated carbocycles. The van der Waals surface area contributed by atoms with Gasteiger partial charge in [0.05, 0.1) is 16.2 Å². The Labute approximate surface area is 180 Å². The van der Waals surface area contributed by atoms with Crippen LogP contribution in [0.1, 0.15) is 90.9 Å². The van der Waals surface area contributed by atoms with Gasteiger partial charge in [-0.15, -0.1) is 0 Å². The quantitative estimate of drug-likeness (QED) is 0.285. The molecule has 0 aromatic carbocycles. The van der Waals surface area contributed by atoms with Crippen molar-refractivity contribution < 1.29 is 69.5 Å². The van der Waals surface area contributed by atoms with Crippen LogP contribution in [0.15, 0.2) is 0 Å². The molecule has 4 nitrogen and oxygen atoms in total. The van der Waals surface area contributed by atoms with Gasteiger partial charge in [0.2, 0.25) is 0 Å². The molecule has 0 aliphatic rings. The molecule has 6 heteroatoms. The Bertz CT molecular complexity index is 333. The van der Waals surface area contributed by atoms with Gasteiger partial charge < -0.3 is 9.66 Å². The summed E-state index contributed by atoms with van der Waals surface area (Å²) >= 11 is 0. The van der Waals surface area contributed by atoms with Crippen LogP contribution in [-0.2, 0) is 10.1 Å². The van der Waals surface area contributed by atoms with Gasteiger partial charge in [0.25, 0.3) is 0 Å². The molecular formula is C16H33KO4S. The third-order valence-corrected chi connectivity index (χ3v) is 5.28. The first kappa shape index (κ1) is 25.7. The van der Waals surface area contributed by atoms with Crippen LogP contribution >= 0.6 is 0 Å². The summed E-state index contributed by atoms with van der Waals surface area (Å²) in [6, 6.07) is 0. The summed E-state index contributed by atoms with van der Waals surface area (Å²) in [6.07, 6.45) is 9.81. The first-order chi connectivity index (χ1) is 9.91. The Morgan fingerprint density at radius 3 is 1.82 bits per heavy atom. The number of aliphatic hydroxyl groups is 1. The summed E-state index contributed by atoms with van der Waals surface area (Å²) in [5, 5.41) is 9.08. The van der Waals surface area contributed by atoms with Gasteiger partial charge >= 0.3 is 51.4 Å². The molecule has 2 unspecified atom stereocenters. The second-order valence-corrected chi connectivity index (χ2v) is 7.70. The number of rotatable bonds is 14. The second kappa shape index (κ2) is 16.0. The van der Waals surface area contributed by atoms with Crippen molar-refractivity contribution in [2.24, 2.45) is 0 Å². The van der Waals surface area contributed by atoms with E-state index >= 15 is 0 Å². The van der Waals surface area contributed by atoms with Gasteiger partial charge in [0.1, 0.15) is 0 Å². The smallest absolute Gasteiger partial charge is 0.748 e. The minimum Gasteiger partial charge on any atom is -0.748 e. The average Bonchev–Trinajstić information content (AvgIpc) is 2.41. The molecule has 0 rings (SSSR count). The van der Waals surface area contributed by atoms with Crippen molar-refractivity contribution in [3.05, 3.63) is 0 Å². The zero-order chi connectivity index (χ0) is 16.1. The maximum Gasteiger partial charge on any atom is 1.00 e. The Morgan fingerprint density at radius 2 is 1.27 bits per heavy atom.